The molecule has 0 aliphatic heterocycles. The molecule has 0 aliphatic carbocycles. The quantitative estimate of drug-likeness (QED) is 0.323. The molecular formula is C16H9FN2S. The van der Waals surface area contributed by atoms with E-state index in [1.807, 2.05) is 18.2 Å². The van der Waals surface area contributed by atoms with Crippen molar-refractivity contribution in [2.75, 3.05) is 0 Å². The van der Waals surface area contributed by atoms with Crippen LogP contribution >= 0.6 is 12.2 Å². The molecule has 4 heteroatoms. The van der Waals surface area contributed by atoms with Gasteiger partial charge in [-0.05, 0) is 35.5 Å². The molecule has 0 bridgehead atoms. The van der Waals surface area contributed by atoms with E-state index in [2.05, 4.69) is 27.2 Å². The van der Waals surface area contributed by atoms with Gasteiger partial charge in [-0.2, -0.15) is 4.99 Å². The van der Waals surface area contributed by atoms with Crippen LogP contribution in [0.15, 0.2) is 47.5 Å². The third kappa shape index (κ3) is 3.46. The Morgan fingerprint density at radius 2 is 1.75 bits per heavy atom. The van der Waals surface area contributed by atoms with E-state index in [0.717, 1.165) is 11.1 Å². The van der Waals surface area contributed by atoms with Gasteiger partial charge < -0.3 is 0 Å². The number of hydrogen-bond acceptors (Lipinski definition) is 2. The Kier molecular flexibility index (Phi) is 4.52. The Balaban J connectivity index is 2.20. The number of hydrogen-bond donors (Lipinski definition) is 0. The minimum Gasteiger partial charge on any atom is -0.238 e. The molecular weight excluding hydrogens is 271 g/mol. The summed E-state index contributed by atoms with van der Waals surface area (Å²) in [7, 11) is 0. The Hall–Kier alpha value is -2.60. The largest absolute Gasteiger partial charge is 0.238 e. The minimum atomic E-state index is -0.437. The molecule has 2 nitrogen and oxygen atoms in total. The molecule has 0 radical (unpaired) electrons. The summed E-state index contributed by atoms with van der Waals surface area (Å²) in [4.78, 5) is 6.94. The van der Waals surface area contributed by atoms with Crippen molar-refractivity contribution in [3.05, 3.63) is 70.8 Å². The van der Waals surface area contributed by atoms with Crippen LogP contribution in [0.2, 0.25) is 0 Å². The highest BCUT2D eigenvalue weighted by molar-refractivity contribution is 7.78. The van der Waals surface area contributed by atoms with Crippen molar-refractivity contribution in [3.8, 4) is 0 Å². The van der Waals surface area contributed by atoms with Crippen molar-refractivity contribution in [1.29, 1.82) is 0 Å². The van der Waals surface area contributed by atoms with Gasteiger partial charge in [-0.25, -0.2) is 9.24 Å². The number of rotatable bonds is 3. The van der Waals surface area contributed by atoms with Crippen LogP contribution in [0.5, 0.6) is 0 Å². The van der Waals surface area contributed by atoms with E-state index in [9.17, 15) is 4.39 Å². The third-order valence-corrected chi connectivity index (χ3v) is 2.72. The van der Waals surface area contributed by atoms with Gasteiger partial charge in [0.15, 0.2) is 5.69 Å². The predicted molar refractivity (Wildman–Crippen MR) is 82.7 cm³/mol. The molecule has 0 fully saturated rings. The van der Waals surface area contributed by atoms with Crippen LogP contribution in [0.25, 0.3) is 17.0 Å². The monoisotopic (exact) mass is 280 g/mol. The lowest BCUT2D eigenvalue weighted by Crippen LogP contribution is -1.78. The lowest BCUT2D eigenvalue weighted by atomic mass is 10.1. The molecule has 2 aromatic carbocycles. The van der Waals surface area contributed by atoms with Crippen LogP contribution < -0.4 is 0 Å². The summed E-state index contributed by atoms with van der Waals surface area (Å²) < 4.78 is 13.6. The highest BCUT2D eigenvalue weighted by Crippen LogP contribution is 2.20. The van der Waals surface area contributed by atoms with Crippen LogP contribution in [0, 0.1) is 12.4 Å². The number of benzene rings is 2. The van der Waals surface area contributed by atoms with Crippen LogP contribution in [0.4, 0.5) is 15.8 Å². The molecule has 0 heterocycles. The van der Waals surface area contributed by atoms with Gasteiger partial charge in [-0.1, -0.05) is 42.5 Å². The van der Waals surface area contributed by atoms with Gasteiger partial charge in [0.2, 0.25) is 0 Å². The van der Waals surface area contributed by atoms with Gasteiger partial charge in [-0.3, -0.25) is 0 Å². The van der Waals surface area contributed by atoms with Crippen molar-refractivity contribution in [2.45, 2.75) is 0 Å². The Labute approximate surface area is 121 Å². The van der Waals surface area contributed by atoms with Gasteiger partial charge in [0.1, 0.15) is 11.5 Å². The number of thiocarbonyl (C=S) groups is 1. The molecule has 20 heavy (non-hydrogen) atoms. The summed E-state index contributed by atoms with van der Waals surface area (Å²) in [5.41, 5.74) is 2.44. The van der Waals surface area contributed by atoms with E-state index in [1.54, 1.807) is 30.3 Å². The smallest absolute Gasteiger partial charge is 0.187 e. The molecule has 0 aliphatic rings. The molecule has 0 unspecified atom stereocenters. The molecule has 0 atom stereocenters. The van der Waals surface area contributed by atoms with Crippen molar-refractivity contribution in [1.82, 2.24) is 0 Å². The zero-order chi connectivity index (χ0) is 14.4. The SMILES string of the molecule is [C-]#[N+]c1ccc(C=Cc2ccc(N=C=S)c(F)c2)cc1. The molecule has 0 N–H and O–H groups in total. The van der Waals surface area contributed by atoms with Gasteiger partial charge in [0.05, 0.1) is 11.7 Å². The van der Waals surface area contributed by atoms with Crippen LogP contribution in [0.1, 0.15) is 11.1 Å². The first kappa shape index (κ1) is 13.8. The zero-order valence-electron chi connectivity index (χ0n) is 10.4. The number of halogens is 1. The van der Waals surface area contributed by atoms with E-state index in [1.165, 1.54) is 6.07 Å². The van der Waals surface area contributed by atoms with Crippen LogP contribution in [-0.4, -0.2) is 5.16 Å². The summed E-state index contributed by atoms with van der Waals surface area (Å²) in [6, 6.07) is 11.8. The summed E-state index contributed by atoms with van der Waals surface area (Å²) >= 11 is 4.44. The van der Waals surface area contributed by atoms with E-state index < -0.39 is 5.82 Å². The fourth-order valence-corrected chi connectivity index (χ4v) is 1.72. The summed E-state index contributed by atoms with van der Waals surface area (Å²) in [6.07, 6.45) is 3.64. The number of nitrogens with zero attached hydrogens (tertiary/aromatic N) is 2. The average molecular weight is 280 g/mol. The van der Waals surface area contributed by atoms with Gasteiger partial charge >= 0.3 is 0 Å². The molecule has 0 spiro atoms. The topological polar surface area (TPSA) is 16.7 Å². The maximum absolute atomic E-state index is 13.6. The fourth-order valence-electron chi connectivity index (χ4n) is 1.62. The number of isothiocyanates is 1. The molecule has 0 aromatic heterocycles. The van der Waals surface area contributed by atoms with E-state index in [4.69, 9.17) is 6.57 Å². The number of aliphatic imine (C=N–C) groups is 1. The maximum Gasteiger partial charge on any atom is 0.187 e. The molecule has 0 saturated heterocycles. The fraction of sp³-hybridized carbons (Fsp3) is 0. The highest BCUT2D eigenvalue weighted by atomic mass is 32.1. The molecule has 2 aromatic rings. The molecule has 0 amide bonds. The second-order valence-corrected chi connectivity index (χ2v) is 4.13. The van der Waals surface area contributed by atoms with Crippen LogP contribution in [0.3, 0.4) is 0 Å². The van der Waals surface area contributed by atoms with Gasteiger partial charge in [0, 0.05) is 0 Å². The molecule has 2 rings (SSSR count). The standard InChI is InChI=1S/C16H9FN2S/c1-18-14-7-4-12(5-8-14)2-3-13-6-9-16(19-11-20)15(17)10-13/h2-10H. The van der Waals surface area contributed by atoms with Crippen LogP contribution in [-0.2, 0) is 0 Å². The maximum atomic E-state index is 13.6. The van der Waals surface area contributed by atoms with Crippen molar-refractivity contribution in [2.24, 2.45) is 4.99 Å². The first-order valence-corrected chi connectivity index (χ1v) is 6.17. The van der Waals surface area contributed by atoms with E-state index in [0.29, 0.717) is 5.69 Å². The third-order valence-electron chi connectivity index (χ3n) is 2.63. The average Bonchev–Trinajstić information content (AvgIpc) is 2.48. The first-order valence-electron chi connectivity index (χ1n) is 5.76. The Bertz CT molecular complexity index is 736. The van der Waals surface area contributed by atoms with Crippen molar-refractivity contribution in [3.63, 3.8) is 0 Å². The predicted octanol–water partition coefficient (Wildman–Crippen LogP) is 5.28. The summed E-state index contributed by atoms with van der Waals surface area (Å²) in [5, 5.41) is 2.14. The van der Waals surface area contributed by atoms with Gasteiger partial charge in [0.25, 0.3) is 0 Å². The second kappa shape index (κ2) is 6.53. The van der Waals surface area contributed by atoms with Crippen molar-refractivity contribution < 1.29 is 4.39 Å². The zero-order valence-corrected chi connectivity index (χ0v) is 11.2. The normalized spacial score (nSPS) is 10.0. The summed E-state index contributed by atoms with van der Waals surface area (Å²) in [5.74, 6) is -0.437. The van der Waals surface area contributed by atoms with Crippen molar-refractivity contribution >= 4 is 40.9 Å². The Morgan fingerprint density at radius 3 is 2.35 bits per heavy atom. The lowest BCUT2D eigenvalue weighted by molar-refractivity contribution is 0.630. The molecule has 0 saturated carbocycles. The van der Waals surface area contributed by atoms with E-state index >= 15 is 0 Å². The lowest BCUT2D eigenvalue weighted by Gasteiger charge is -1.98. The molecule has 96 valence electrons. The van der Waals surface area contributed by atoms with Gasteiger partial charge in [-0.15, -0.1) is 0 Å². The Morgan fingerprint density at radius 1 is 1.10 bits per heavy atom. The highest BCUT2D eigenvalue weighted by Gasteiger charge is 2.00. The van der Waals surface area contributed by atoms with E-state index in [-0.39, 0.29) is 5.69 Å². The second-order valence-electron chi connectivity index (χ2n) is 3.95. The first-order chi connectivity index (χ1) is 9.72. The minimum absolute atomic E-state index is 0.179. The summed E-state index contributed by atoms with van der Waals surface area (Å²) in [6.45, 7) is 6.87.